The van der Waals surface area contributed by atoms with Gasteiger partial charge in [-0.05, 0) is 36.5 Å². The number of H-pyrrole nitrogens is 1. The lowest BCUT2D eigenvalue weighted by atomic mass is 9.87. The van der Waals surface area contributed by atoms with Crippen molar-refractivity contribution in [3.05, 3.63) is 53.6 Å². The SMILES string of the molecule is O=C(CC1CCCCC1)Nc1cc2c3c(c(-c4ccccc4)[nH]c3c1)C=NNC2=O. The highest BCUT2D eigenvalue weighted by molar-refractivity contribution is 6.18. The summed E-state index contributed by atoms with van der Waals surface area (Å²) in [6, 6.07) is 13.6. The van der Waals surface area contributed by atoms with E-state index in [1.807, 2.05) is 36.4 Å². The van der Waals surface area contributed by atoms with Crippen molar-refractivity contribution in [1.29, 1.82) is 0 Å². The molecule has 1 saturated carbocycles. The molecule has 0 bridgehead atoms. The van der Waals surface area contributed by atoms with Crippen LogP contribution in [-0.2, 0) is 4.79 Å². The summed E-state index contributed by atoms with van der Waals surface area (Å²) in [6.45, 7) is 0. The van der Waals surface area contributed by atoms with E-state index in [0.29, 0.717) is 23.6 Å². The molecular weight excluding hydrogens is 376 g/mol. The van der Waals surface area contributed by atoms with Gasteiger partial charge >= 0.3 is 0 Å². The Kier molecular flexibility index (Phi) is 4.83. The summed E-state index contributed by atoms with van der Waals surface area (Å²) >= 11 is 0. The van der Waals surface area contributed by atoms with Gasteiger partial charge in [0, 0.05) is 28.6 Å². The molecular formula is C24H24N4O2. The summed E-state index contributed by atoms with van der Waals surface area (Å²) in [6.07, 6.45) is 8.15. The van der Waals surface area contributed by atoms with Crippen LogP contribution in [0.2, 0.25) is 0 Å². The molecule has 1 aromatic heterocycles. The van der Waals surface area contributed by atoms with E-state index in [1.165, 1.54) is 19.3 Å². The quantitative estimate of drug-likeness (QED) is 0.586. The largest absolute Gasteiger partial charge is 0.354 e. The van der Waals surface area contributed by atoms with E-state index in [1.54, 1.807) is 12.3 Å². The number of amides is 2. The Morgan fingerprint density at radius 3 is 2.70 bits per heavy atom. The van der Waals surface area contributed by atoms with Crippen LogP contribution < -0.4 is 10.7 Å². The van der Waals surface area contributed by atoms with E-state index in [9.17, 15) is 9.59 Å². The Labute approximate surface area is 174 Å². The number of anilines is 1. The first-order chi connectivity index (χ1) is 14.7. The van der Waals surface area contributed by atoms with E-state index in [0.717, 1.165) is 40.6 Å². The molecule has 3 N–H and O–H groups in total. The fourth-order valence-corrected chi connectivity index (χ4v) is 4.65. The third-order valence-electron chi connectivity index (χ3n) is 6.09. The molecule has 5 rings (SSSR count). The number of rotatable bonds is 4. The first-order valence-corrected chi connectivity index (χ1v) is 10.6. The first kappa shape index (κ1) is 18.6. The summed E-state index contributed by atoms with van der Waals surface area (Å²) in [5.41, 5.74) is 7.28. The molecule has 2 heterocycles. The molecule has 2 aliphatic rings. The minimum atomic E-state index is -0.281. The number of benzene rings is 2. The van der Waals surface area contributed by atoms with Crippen LogP contribution in [0, 0.1) is 5.92 Å². The highest BCUT2D eigenvalue weighted by atomic mass is 16.2. The van der Waals surface area contributed by atoms with E-state index in [2.05, 4.69) is 20.8 Å². The van der Waals surface area contributed by atoms with Crippen molar-refractivity contribution in [1.82, 2.24) is 10.4 Å². The van der Waals surface area contributed by atoms with E-state index in [4.69, 9.17) is 0 Å². The topological polar surface area (TPSA) is 86.3 Å². The lowest BCUT2D eigenvalue weighted by molar-refractivity contribution is -0.117. The monoisotopic (exact) mass is 400 g/mol. The zero-order valence-corrected chi connectivity index (χ0v) is 16.7. The number of carbonyl (C=O) groups excluding carboxylic acids is 2. The summed E-state index contributed by atoms with van der Waals surface area (Å²) in [5.74, 6) is 0.188. The van der Waals surface area contributed by atoms with Gasteiger partial charge in [0.15, 0.2) is 0 Å². The molecule has 6 heteroatoms. The number of hydrogen-bond donors (Lipinski definition) is 3. The van der Waals surface area contributed by atoms with Crippen LogP contribution in [0.4, 0.5) is 5.69 Å². The Morgan fingerprint density at radius 1 is 1.10 bits per heavy atom. The number of aromatic amines is 1. The van der Waals surface area contributed by atoms with Gasteiger partial charge in [0.25, 0.3) is 5.91 Å². The minimum Gasteiger partial charge on any atom is -0.354 e. The smallest absolute Gasteiger partial charge is 0.272 e. The molecule has 1 fully saturated rings. The number of nitrogens with zero attached hydrogens (tertiary/aromatic N) is 1. The van der Waals surface area contributed by atoms with Gasteiger partial charge in [-0.25, -0.2) is 5.43 Å². The molecule has 152 valence electrons. The molecule has 2 aromatic carbocycles. The van der Waals surface area contributed by atoms with Gasteiger partial charge < -0.3 is 10.3 Å². The number of aromatic nitrogens is 1. The van der Waals surface area contributed by atoms with Crippen LogP contribution in [0.15, 0.2) is 47.6 Å². The standard InChI is InChI=1S/C24H24N4O2/c29-21(11-15-7-3-1-4-8-15)26-17-12-18-22-19(14-25-28-24(18)30)23(27-20(22)13-17)16-9-5-2-6-10-16/h2,5-6,9-10,12-15,27H,1,3-4,7-8,11H2,(H,26,29)(H,28,30). The molecule has 6 nitrogen and oxygen atoms in total. The summed E-state index contributed by atoms with van der Waals surface area (Å²) in [7, 11) is 0. The molecule has 0 saturated heterocycles. The van der Waals surface area contributed by atoms with Crippen LogP contribution in [0.25, 0.3) is 22.2 Å². The maximum atomic E-state index is 12.6. The van der Waals surface area contributed by atoms with Crippen molar-refractivity contribution in [3.8, 4) is 11.3 Å². The maximum Gasteiger partial charge on any atom is 0.272 e. The van der Waals surface area contributed by atoms with Crippen LogP contribution in [0.5, 0.6) is 0 Å². The summed E-state index contributed by atoms with van der Waals surface area (Å²) in [5, 5.41) is 7.91. The van der Waals surface area contributed by atoms with Gasteiger partial charge in [-0.3, -0.25) is 9.59 Å². The van der Waals surface area contributed by atoms with Crippen molar-refractivity contribution in [3.63, 3.8) is 0 Å². The molecule has 2 amide bonds. The van der Waals surface area contributed by atoms with Crippen molar-refractivity contribution >= 4 is 34.6 Å². The predicted molar refractivity (Wildman–Crippen MR) is 119 cm³/mol. The fraction of sp³-hybridized carbons (Fsp3) is 0.292. The number of hydrogen-bond acceptors (Lipinski definition) is 3. The van der Waals surface area contributed by atoms with E-state index < -0.39 is 0 Å². The van der Waals surface area contributed by atoms with Crippen LogP contribution in [0.3, 0.4) is 0 Å². The zero-order valence-electron chi connectivity index (χ0n) is 16.7. The fourth-order valence-electron chi connectivity index (χ4n) is 4.65. The van der Waals surface area contributed by atoms with E-state index >= 15 is 0 Å². The van der Waals surface area contributed by atoms with Crippen LogP contribution >= 0.6 is 0 Å². The second-order valence-electron chi connectivity index (χ2n) is 8.18. The van der Waals surface area contributed by atoms with Crippen LogP contribution in [0.1, 0.15) is 54.4 Å². The molecule has 3 aromatic rings. The van der Waals surface area contributed by atoms with Crippen molar-refractivity contribution in [2.45, 2.75) is 38.5 Å². The lowest BCUT2D eigenvalue weighted by Crippen LogP contribution is -2.19. The van der Waals surface area contributed by atoms with Crippen molar-refractivity contribution in [2.24, 2.45) is 11.0 Å². The zero-order chi connectivity index (χ0) is 20.5. The highest BCUT2D eigenvalue weighted by Gasteiger charge is 2.23. The molecule has 0 atom stereocenters. The van der Waals surface area contributed by atoms with Gasteiger partial charge in [0.1, 0.15) is 0 Å². The second-order valence-corrected chi connectivity index (χ2v) is 8.18. The molecule has 0 unspecified atom stereocenters. The average Bonchev–Trinajstić information content (AvgIpc) is 3.03. The Balaban J connectivity index is 1.52. The van der Waals surface area contributed by atoms with Crippen LogP contribution in [-0.4, -0.2) is 23.0 Å². The summed E-state index contributed by atoms with van der Waals surface area (Å²) < 4.78 is 0. The third kappa shape index (κ3) is 3.49. The Bertz CT molecular complexity index is 1140. The lowest BCUT2D eigenvalue weighted by Gasteiger charge is -2.20. The summed E-state index contributed by atoms with van der Waals surface area (Å²) in [4.78, 5) is 28.7. The molecule has 1 aliphatic carbocycles. The van der Waals surface area contributed by atoms with Gasteiger partial charge in [0.05, 0.1) is 17.5 Å². The van der Waals surface area contributed by atoms with Crippen molar-refractivity contribution in [2.75, 3.05) is 5.32 Å². The second kappa shape index (κ2) is 7.78. The van der Waals surface area contributed by atoms with Gasteiger partial charge in [0.2, 0.25) is 5.91 Å². The van der Waals surface area contributed by atoms with Gasteiger partial charge in [-0.1, -0.05) is 49.6 Å². The number of carbonyl (C=O) groups is 2. The van der Waals surface area contributed by atoms with Crippen molar-refractivity contribution < 1.29 is 9.59 Å². The third-order valence-corrected chi connectivity index (χ3v) is 6.09. The molecule has 0 radical (unpaired) electrons. The van der Waals surface area contributed by atoms with Gasteiger partial charge in [-0.2, -0.15) is 5.10 Å². The number of hydrazone groups is 1. The Hall–Kier alpha value is -3.41. The number of nitrogens with one attached hydrogen (secondary N) is 3. The normalized spacial score (nSPS) is 16.3. The molecule has 30 heavy (non-hydrogen) atoms. The average molecular weight is 400 g/mol. The molecule has 1 aliphatic heterocycles. The minimum absolute atomic E-state index is 0.00814. The first-order valence-electron chi connectivity index (χ1n) is 10.6. The maximum absolute atomic E-state index is 12.6. The molecule has 0 spiro atoms. The highest BCUT2D eigenvalue weighted by Crippen LogP contribution is 2.34. The van der Waals surface area contributed by atoms with Gasteiger partial charge in [-0.15, -0.1) is 0 Å². The van der Waals surface area contributed by atoms with E-state index in [-0.39, 0.29) is 11.8 Å². The predicted octanol–water partition coefficient (Wildman–Crippen LogP) is 4.82. The Morgan fingerprint density at radius 2 is 1.90 bits per heavy atom.